The van der Waals surface area contributed by atoms with Crippen LogP contribution in [0.2, 0.25) is 0 Å². The fraction of sp³-hybridized carbons (Fsp3) is 0.316. The van der Waals surface area contributed by atoms with E-state index in [0.717, 1.165) is 28.0 Å². The van der Waals surface area contributed by atoms with Crippen LogP contribution in [0.1, 0.15) is 5.56 Å². The molecule has 0 aliphatic rings. The number of benzene rings is 1. The van der Waals surface area contributed by atoms with E-state index in [1.807, 2.05) is 30.3 Å². The van der Waals surface area contributed by atoms with E-state index in [0.29, 0.717) is 19.8 Å². The van der Waals surface area contributed by atoms with E-state index in [1.54, 1.807) is 31.3 Å². The van der Waals surface area contributed by atoms with Crippen LogP contribution in [0.3, 0.4) is 0 Å². The predicted octanol–water partition coefficient (Wildman–Crippen LogP) is 3.47. The molecule has 0 saturated carbocycles. The summed E-state index contributed by atoms with van der Waals surface area (Å²) in [6.45, 7) is 3.96. The van der Waals surface area contributed by atoms with Crippen LogP contribution in [-0.4, -0.2) is 45.8 Å². The summed E-state index contributed by atoms with van der Waals surface area (Å²) in [5.41, 5.74) is 2.18. The highest BCUT2D eigenvalue weighted by Gasteiger charge is 2.14. The Morgan fingerprint density at radius 3 is 2.69 bits per heavy atom. The number of thioether (sulfide) groups is 1. The fourth-order valence-corrected chi connectivity index (χ4v) is 3.27. The highest BCUT2D eigenvalue weighted by Crippen LogP contribution is 2.23. The Hall–Kier alpha value is -2.38. The van der Waals surface area contributed by atoms with Gasteiger partial charge in [-0.3, -0.25) is 9.55 Å². The van der Waals surface area contributed by atoms with Gasteiger partial charge in [-0.1, -0.05) is 23.9 Å². The second-order valence-electron chi connectivity index (χ2n) is 5.70. The van der Waals surface area contributed by atoms with Gasteiger partial charge in [-0.05, 0) is 36.8 Å². The number of ether oxygens (including phenoxy) is 2. The van der Waals surface area contributed by atoms with Crippen LogP contribution in [0.5, 0.6) is 5.75 Å². The summed E-state index contributed by atoms with van der Waals surface area (Å²) >= 11 is 1.63. The van der Waals surface area contributed by atoms with E-state index in [4.69, 9.17) is 9.47 Å². The second kappa shape index (κ2) is 9.35. The number of aromatic nitrogens is 4. The van der Waals surface area contributed by atoms with E-state index in [-0.39, 0.29) is 0 Å². The Kier molecular flexibility index (Phi) is 6.62. The van der Waals surface area contributed by atoms with Crippen LogP contribution in [0, 0.1) is 6.92 Å². The molecule has 6 nitrogen and oxygen atoms in total. The van der Waals surface area contributed by atoms with E-state index in [1.165, 1.54) is 5.56 Å². The minimum Gasteiger partial charge on any atom is -0.493 e. The van der Waals surface area contributed by atoms with Gasteiger partial charge in [0.1, 0.15) is 5.75 Å². The van der Waals surface area contributed by atoms with Crippen molar-refractivity contribution in [1.82, 2.24) is 19.7 Å². The molecular formula is C19H22N4O2S. The maximum atomic E-state index is 5.81. The third-order valence-electron chi connectivity index (χ3n) is 3.75. The minimum atomic E-state index is 0.601. The van der Waals surface area contributed by atoms with Crippen molar-refractivity contribution in [3.8, 4) is 17.1 Å². The maximum absolute atomic E-state index is 5.81. The normalized spacial score (nSPS) is 10.8. The van der Waals surface area contributed by atoms with Crippen LogP contribution in [0.25, 0.3) is 11.4 Å². The van der Waals surface area contributed by atoms with Crippen molar-refractivity contribution >= 4 is 11.8 Å². The second-order valence-corrected chi connectivity index (χ2v) is 6.76. The Balaban J connectivity index is 1.64. The number of rotatable bonds is 9. The standard InChI is InChI=1S/C19H22N4O2S/c1-15-4-3-5-17(14-15)25-12-13-26-19-22-21-18(23(19)10-11-24-2)16-6-8-20-9-7-16/h3-9,14H,10-13H2,1-2H3. The molecule has 1 aromatic carbocycles. The Bertz CT molecular complexity index is 823. The zero-order chi connectivity index (χ0) is 18.2. The largest absolute Gasteiger partial charge is 0.493 e. The van der Waals surface area contributed by atoms with Crippen LogP contribution >= 0.6 is 11.8 Å². The van der Waals surface area contributed by atoms with Crippen molar-refractivity contribution in [3.05, 3.63) is 54.4 Å². The van der Waals surface area contributed by atoms with E-state index in [9.17, 15) is 0 Å². The smallest absolute Gasteiger partial charge is 0.191 e. The van der Waals surface area contributed by atoms with Crippen molar-refractivity contribution < 1.29 is 9.47 Å². The highest BCUT2D eigenvalue weighted by atomic mass is 32.2. The number of pyridine rings is 1. The van der Waals surface area contributed by atoms with Gasteiger partial charge in [0, 0.05) is 30.8 Å². The maximum Gasteiger partial charge on any atom is 0.191 e. The van der Waals surface area contributed by atoms with Gasteiger partial charge < -0.3 is 9.47 Å². The molecule has 0 atom stereocenters. The summed E-state index contributed by atoms with van der Waals surface area (Å²) in [7, 11) is 1.69. The molecule has 0 amide bonds. The van der Waals surface area contributed by atoms with Crippen molar-refractivity contribution in [3.63, 3.8) is 0 Å². The fourth-order valence-electron chi connectivity index (χ4n) is 2.49. The Labute approximate surface area is 157 Å². The molecule has 2 heterocycles. The summed E-state index contributed by atoms with van der Waals surface area (Å²) in [4.78, 5) is 4.06. The number of hydrogen-bond acceptors (Lipinski definition) is 6. The van der Waals surface area contributed by atoms with Crippen molar-refractivity contribution in [1.29, 1.82) is 0 Å². The van der Waals surface area contributed by atoms with Gasteiger partial charge in [-0.2, -0.15) is 0 Å². The number of hydrogen-bond donors (Lipinski definition) is 0. The molecule has 136 valence electrons. The summed E-state index contributed by atoms with van der Waals surface area (Å²) in [6, 6.07) is 11.9. The molecule has 0 N–H and O–H groups in total. The first-order valence-electron chi connectivity index (χ1n) is 8.42. The molecule has 0 fully saturated rings. The number of aryl methyl sites for hydroxylation is 1. The Morgan fingerprint density at radius 2 is 1.92 bits per heavy atom. The molecule has 0 spiro atoms. The average Bonchev–Trinajstić information content (AvgIpc) is 3.07. The lowest BCUT2D eigenvalue weighted by atomic mass is 10.2. The lowest BCUT2D eigenvalue weighted by molar-refractivity contribution is 0.185. The monoisotopic (exact) mass is 370 g/mol. The van der Waals surface area contributed by atoms with Gasteiger partial charge in [-0.25, -0.2) is 0 Å². The zero-order valence-electron chi connectivity index (χ0n) is 15.0. The van der Waals surface area contributed by atoms with Gasteiger partial charge in [0.05, 0.1) is 19.8 Å². The lowest BCUT2D eigenvalue weighted by Crippen LogP contribution is -2.08. The van der Waals surface area contributed by atoms with E-state index < -0.39 is 0 Å². The molecule has 0 unspecified atom stereocenters. The molecule has 7 heteroatoms. The van der Waals surface area contributed by atoms with Crippen molar-refractivity contribution in [2.75, 3.05) is 26.1 Å². The van der Waals surface area contributed by atoms with Crippen LogP contribution in [0.15, 0.2) is 53.9 Å². The lowest BCUT2D eigenvalue weighted by Gasteiger charge is -2.10. The average molecular weight is 370 g/mol. The van der Waals surface area contributed by atoms with Gasteiger partial charge in [-0.15, -0.1) is 10.2 Å². The summed E-state index contributed by atoms with van der Waals surface area (Å²) in [5, 5.41) is 9.57. The van der Waals surface area contributed by atoms with E-state index in [2.05, 4.69) is 32.7 Å². The first-order valence-corrected chi connectivity index (χ1v) is 9.41. The predicted molar refractivity (Wildman–Crippen MR) is 103 cm³/mol. The van der Waals surface area contributed by atoms with Crippen molar-refractivity contribution in [2.45, 2.75) is 18.6 Å². The minimum absolute atomic E-state index is 0.601. The van der Waals surface area contributed by atoms with Gasteiger partial charge in [0.25, 0.3) is 0 Å². The molecule has 26 heavy (non-hydrogen) atoms. The van der Waals surface area contributed by atoms with Crippen LogP contribution in [0.4, 0.5) is 0 Å². The molecule has 0 saturated heterocycles. The summed E-state index contributed by atoms with van der Waals surface area (Å²) in [5.74, 6) is 2.51. The van der Waals surface area contributed by atoms with Gasteiger partial charge in [0.15, 0.2) is 11.0 Å². The molecule has 3 rings (SSSR count). The van der Waals surface area contributed by atoms with Crippen LogP contribution in [-0.2, 0) is 11.3 Å². The number of methoxy groups -OCH3 is 1. The molecule has 3 aromatic rings. The summed E-state index contributed by atoms with van der Waals surface area (Å²) < 4.78 is 13.1. The molecule has 0 aliphatic carbocycles. The quantitative estimate of drug-likeness (QED) is 0.425. The molecule has 0 radical (unpaired) electrons. The Morgan fingerprint density at radius 1 is 1.08 bits per heavy atom. The topological polar surface area (TPSA) is 62.1 Å². The van der Waals surface area contributed by atoms with E-state index >= 15 is 0 Å². The van der Waals surface area contributed by atoms with Gasteiger partial charge in [0.2, 0.25) is 0 Å². The van der Waals surface area contributed by atoms with Crippen LogP contribution < -0.4 is 4.74 Å². The third kappa shape index (κ3) is 4.83. The number of nitrogens with zero attached hydrogens (tertiary/aromatic N) is 4. The third-order valence-corrected chi connectivity index (χ3v) is 4.68. The highest BCUT2D eigenvalue weighted by molar-refractivity contribution is 7.99. The summed E-state index contributed by atoms with van der Waals surface area (Å²) in [6.07, 6.45) is 3.51. The SMILES string of the molecule is COCCn1c(SCCOc2cccc(C)c2)nnc1-c1ccncc1. The first-order chi connectivity index (χ1) is 12.8. The first kappa shape index (κ1) is 18.4. The zero-order valence-corrected chi connectivity index (χ0v) is 15.8. The van der Waals surface area contributed by atoms with Crippen molar-refractivity contribution in [2.24, 2.45) is 0 Å². The molecular weight excluding hydrogens is 348 g/mol. The molecule has 0 bridgehead atoms. The molecule has 2 aromatic heterocycles. The van der Waals surface area contributed by atoms with Gasteiger partial charge >= 0.3 is 0 Å². The molecule has 0 aliphatic heterocycles.